The van der Waals surface area contributed by atoms with Gasteiger partial charge in [0.25, 0.3) is 10.0 Å². The summed E-state index contributed by atoms with van der Waals surface area (Å²) < 4.78 is 33.2. The number of hydrogen-bond donors (Lipinski definition) is 0. The third kappa shape index (κ3) is 2.61. The predicted molar refractivity (Wildman–Crippen MR) is 96.7 cm³/mol. The molecule has 2 aromatic carbocycles. The number of carbonyl (C=O) groups is 1. The van der Waals surface area contributed by atoms with Gasteiger partial charge in [0, 0.05) is 13.0 Å². The highest BCUT2D eigenvalue weighted by atomic mass is 32.2. The van der Waals surface area contributed by atoms with Crippen molar-refractivity contribution in [3.05, 3.63) is 76.5 Å². The Labute approximate surface area is 153 Å². The Morgan fingerprint density at radius 1 is 1.04 bits per heavy atom. The number of hydrogen-bond acceptors (Lipinski definition) is 4. The third-order valence-electron chi connectivity index (χ3n) is 4.82. The van der Waals surface area contributed by atoms with E-state index >= 15 is 0 Å². The number of rotatable bonds is 3. The molecule has 0 aromatic heterocycles. The van der Waals surface area contributed by atoms with E-state index in [1.165, 1.54) is 4.31 Å². The van der Waals surface area contributed by atoms with Gasteiger partial charge in [-0.15, -0.1) is 0 Å². The predicted octanol–water partition coefficient (Wildman–Crippen LogP) is 3.25. The van der Waals surface area contributed by atoms with Crippen LogP contribution in [0, 0.1) is 13.8 Å². The molecule has 2 aliphatic heterocycles. The van der Waals surface area contributed by atoms with E-state index in [9.17, 15) is 13.2 Å². The summed E-state index contributed by atoms with van der Waals surface area (Å²) in [5.41, 5.74) is 3.73. The van der Waals surface area contributed by atoms with Gasteiger partial charge in [0.1, 0.15) is 0 Å². The SMILES string of the molecule is Cc1ccc(S(=O)(=O)N2CCC3=C2C(c2cccc(C)c2)OC3=O)cc1. The Kier molecular flexibility index (Phi) is 3.88. The summed E-state index contributed by atoms with van der Waals surface area (Å²) in [5.74, 6) is -0.423. The van der Waals surface area contributed by atoms with Crippen molar-refractivity contribution in [3.63, 3.8) is 0 Å². The summed E-state index contributed by atoms with van der Waals surface area (Å²) in [6, 6.07) is 14.3. The van der Waals surface area contributed by atoms with E-state index in [1.54, 1.807) is 24.3 Å². The maximum absolute atomic E-state index is 13.2. The molecule has 0 bridgehead atoms. The quantitative estimate of drug-likeness (QED) is 0.779. The number of carbonyl (C=O) groups excluding carboxylic acids is 1. The number of aryl methyl sites for hydroxylation is 2. The number of nitrogens with zero attached hydrogens (tertiary/aromatic N) is 1. The first-order valence-electron chi connectivity index (χ1n) is 8.48. The summed E-state index contributed by atoms with van der Waals surface area (Å²) in [4.78, 5) is 12.5. The van der Waals surface area contributed by atoms with Gasteiger partial charge in [0.05, 0.1) is 16.2 Å². The molecule has 0 saturated heterocycles. The minimum absolute atomic E-state index is 0.221. The van der Waals surface area contributed by atoms with Crippen molar-refractivity contribution in [2.75, 3.05) is 6.54 Å². The molecule has 0 fully saturated rings. The van der Waals surface area contributed by atoms with Crippen LogP contribution in [0.1, 0.15) is 29.2 Å². The second-order valence-electron chi connectivity index (χ2n) is 6.70. The molecule has 0 N–H and O–H groups in total. The maximum atomic E-state index is 13.2. The number of benzene rings is 2. The first-order valence-corrected chi connectivity index (χ1v) is 9.92. The van der Waals surface area contributed by atoms with Gasteiger partial charge < -0.3 is 4.74 Å². The molecule has 0 amide bonds. The highest BCUT2D eigenvalue weighted by molar-refractivity contribution is 7.89. The minimum Gasteiger partial charge on any atom is -0.448 e. The Hall–Kier alpha value is -2.60. The largest absolute Gasteiger partial charge is 0.448 e. The van der Waals surface area contributed by atoms with Crippen molar-refractivity contribution >= 4 is 16.0 Å². The lowest BCUT2D eigenvalue weighted by Gasteiger charge is -2.25. The van der Waals surface area contributed by atoms with E-state index < -0.39 is 22.1 Å². The lowest BCUT2D eigenvalue weighted by Crippen LogP contribution is -2.30. The monoisotopic (exact) mass is 369 g/mol. The van der Waals surface area contributed by atoms with E-state index in [0.717, 1.165) is 16.7 Å². The number of cyclic esters (lactones) is 1. The van der Waals surface area contributed by atoms with Gasteiger partial charge in [-0.3, -0.25) is 4.31 Å². The molecule has 0 aliphatic carbocycles. The first-order chi connectivity index (χ1) is 12.4. The van der Waals surface area contributed by atoms with Crippen LogP contribution in [0.15, 0.2) is 64.7 Å². The normalized spacial score (nSPS) is 19.7. The third-order valence-corrected chi connectivity index (χ3v) is 6.64. The lowest BCUT2D eigenvalue weighted by molar-refractivity contribution is -0.140. The molecule has 6 heteroatoms. The van der Waals surface area contributed by atoms with E-state index in [-0.39, 0.29) is 11.4 Å². The maximum Gasteiger partial charge on any atom is 0.337 e. The number of esters is 1. The van der Waals surface area contributed by atoms with E-state index in [1.807, 2.05) is 38.1 Å². The van der Waals surface area contributed by atoms with E-state index in [2.05, 4.69) is 0 Å². The van der Waals surface area contributed by atoms with Crippen molar-refractivity contribution in [2.45, 2.75) is 31.3 Å². The van der Waals surface area contributed by atoms with Crippen LogP contribution >= 0.6 is 0 Å². The fourth-order valence-corrected chi connectivity index (χ4v) is 5.02. The van der Waals surface area contributed by atoms with E-state index in [4.69, 9.17) is 4.74 Å². The first kappa shape index (κ1) is 16.8. The van der Waals surface area contributed by atoms with Crippen molar-refractivity contribution in [3.8, 4) is 0 Å². The van der Waals surface area contributed by atoms with Crippen LogP contribution in [0.5, 0.6) is 0 Å². The molecule has 2 heterocycles. The van der Waals surface area contributed by atoms with Gasteiger partial charge in [0.15, 0.2) is 6.10 Å². The fourth-order valence-electron chi connectivity index (χ4n) is 3.49. The molecule has 4 rings (SSSR count). The summed E-state index contributed by atoms with van der Waals surface area (Å²) in [5, 5.41) is 0. The highest BCUT2D eigenvalue weighted by Gasteiger charge is 2.46. The molecule has 2 aromatic rings. The number of sulfonamides is 1. The summed E-state index contributed by atoms with van der Waals surface area (Å²) in [6.45, 7) is 4.12. The molecule has 0 saturated carbocycles. The van der Waals surface area contributed by atoms with Crippen LogP contribution in [-0.2, 0) is 19.6 Å². The van der Waals surface area contributed by atoms with Gasteiger partial charge in [-0.05, 0) is 31.5 Å². The van der Waals surface area contributed by atoms with Crippen LogP contribution in [-0.4, -0.2) is 25.2 Å². The molecule has 0 spiro atoms. The molecule has 5 nitrogen and oxygen atoms in total. The molecule has 1 unspecified atom stereocenters. The average Bonchev–Trinajstić information content (AvgIpc) is 3.17. The number of ether oxygens (including phenoxy) is 1. The van der Waals surface area contributed by atoms with Gasteiger partial charge in [-0.1, -0.05) is 47.5 Å². The summed E-state index contributed by atoms with van der Waals surface area (Å²) >= 11 is 0. The molecule has 26 heavy (non-hydrogen) atoms. The van der Waals surface area contributed by atoms with Crippen LogP contribution in [0.3, 0.4) is 0 Å². The standard InChI is InChI=1S/C20H19NO4S/c1-13-6-8-16(9-7-13)26(23,24)21-11-10-17-18(21)19(25-20(17)22)15-5-3-4-14(2)12-15/h3-9,12,19H,10-11H2,1-2H3. The van der Waals surface area contributed by atoms with Crippen molar-refractivity contribution < 1.29 is 17.9 Å². The summed E-state index contributed by atoms with van der Waals surface area (Å²) in [7, 11) is -3.74. The van der Waals surface area contributed by atoms with Crippen molar-refractivity contribution in [2.24, 2.45) is 0 Å². The molecular weight excluding hydrogens is 350 g/mol. The van der Waals surface area contributed by atoms with Gasteiger partial charge >= 0.3 is 5.97 Å². The fraction of sp³-hybridized carbons (Fsp3) is 0.250. The zero-order valence-corrected chi connectivity index (χ0v) is 15.4. The lowest BCUT2D eigenvalue weighted by atomic mass is 10.0. The van der Waals surface area contributed by atoms with E-state index in [0.29, 0.717) is 17.7 Å². The zero-order chi connectivity index (χ0) is 18.5. The Bertz CT molecular complexity index is 1020. The molecule has 1 atom stereocenters. The topological polar surface area (TPSA) is 63.7 Å². The second-order valence-corrected chi connectivity index (χ2v) is 8.57. The van der Waals surface area contributed by atoms with Gasteiger partial charge in [0.2, 0.25) is 0 Å². The minimum atomic E-state index is -3.74. The highest BCUT2D eigenvalue weighted by Crippen LogP contribution is 2.44. The Balaban J connectivity index is 1.78. The molecule has 2 aliphatic rings. The van der Waals surface area contributed by atoms with Gasteiger partial charge in [-0.2, -0.15) is 0 Å². The van der Waals surface area contributed by atoms with Crippen LogP contribution in [0.2, 0.25) is 0 Å². The second kappa shape index (κ2) is 5.99. The average molecular weight is 369 g/mol. The van der Waals surface area contributed by atoms with Crippen LogP contribution in [0.4, 0.5) is 0 Å². The summed E-state index contributed by atoms with van der Waals surface area (Å²) in [6.07, 6.45) is -0.304. The molecular formula is C20H19NO4S. The Morgan fingerprint density at radius 3 is 2.46 bits per heavy atom. The van der Waals surface area contributed by atoms with Crippen LogP contribution < -0.4 is 0 Å². The van der Waals surface area contributed by atoms with Crippen molar-refractivity contribution in [1.29, 1.82) is 0 Å². The molecule has 134 valence electrons. The Morgan fingerprint density at radius 2 is 1.77 bits per heavy atom. The van der Waals surface area contributed by atoms with Crippen molar-refractivity contribution in [1.82, 2.24) is 4.31 Å². The van der Waals surface area contributed by atoms with Crippen LogP contribution in [0.25, 0.3) is 0 Å². The van der Waals surface area contributed by atoms with Gasteiger partial charge in [-0.25, -0.2) is 13.2 Å². The molecule has 0 radical (unpaired) electrons. The smallest absolute Gasteiger partial charge is 0.337 e. The zero-order valence-electron chi connectivity index (χ0n) is 14.6.